The lowest BCUT2D eigenvalue weighted by atomic mass is 10.1. The smallest absolute Gasteiger partial charge is 0.251 e. The van der Waals surface area contributed by atoms with E-state index in [-0.39, 0.29) is 5.91 Å². The number of para-hydroxylation sites is 2. The molecule has 0 unspecified atom stereocenters. The van der Waals surface area contributed by atoms with Crippen molar-refractivity contribution in [3.63, 3.8) is 0 Å². The predicted octanol–water partition coefficient (Wildman–Crippen LogP) is 3.97. The van der Waals surface area contributed by atoms with Gasteiger partial charge >= 0.3 is 0 Å². The van der Waals surface area contributed by atoms with Gasteiger partial charge in [-0.05, 0) is 37.1 Å². The first-order chi connectivity index (χ1) is 12.0. The molecule has 1 amide bonds. The summed E-state index contributed by atoms with van der Waals surface area (Å²) in [6, 6.07) is 15.9. The summed E-state index contributed by atoms with van der Waals surface area (Å²) in [5, 5.41) is 3.01. The SMILES string of the molecule is Cc1cccc(C(=O)NCCc2nc3ccccc3n2CC(C)C)c1. The Morgan fingerprint density at radius 3 is 2.72 bits per heavy atom. The number of nitrogens with one attached hydrogen (secondary N) is 1. The third-order valence-corrected chi connectivity index (χ3v) is 4.20. The summed E-state index contributed by atoms with van der Waals surface area (Å²) in [7, 11) is 0. The monoisotopic (exact) mass is 335 g/mol. The lowest BCUT2D eigenvalue weighted by molar-refractivity contribution is 0.0954. The first kappa shape index (κ1) is 17.2. The lowest BCUT2D eigenvalue weighted by Crippen LogP contribution is -2.26. The van der Waals surface area contributed by atoms with Crippen LogP contribution in [0.4, 0.5) is 0 Å². The van der Waals surface area contributed by atoms with Gasteiger partial charge in [-0.3, -0.25) is 4.79 Å². The minimum atomic E-state index is -0.0322. The van der Waals surface area contributed by atoms with Crippen LogP contribution in [0.25, 0.3) is 11.0 Å². The summed E-state index contributed by atoms with van der Waals surface area (Å²) < 4.78 is 2.28. The third-order valence-electron chi connectivity index (χ3n) is 4.20. The molecular weight excluding hydrogens is 310 g/mol. The third kappa shape index (κ3) is 4.08. The molecule has 0 aliphatic carbocycles. The van der Waals surface area contributed by atoms with Gasteiger partial charge in [-0.2, -0.15) is 0 Å². The summed E-state index contributed by atoms with van der Waals surface area (Å²) in [4.78, 5) is 17.0. The molecule has 0 radical (unpaired) electrons. The van der Waals surface area contributed by atoms with Crippen LogP contribution in [0, 0.1) is 12.8 Å². The van der Waals surface area contributed by atoms with Crippen LogP contribution in [0.3, 0.4) is 0 Å². The number of aromatic nitrogens is 2. The van der Waals surface area contributed by atoms with Crippen molar-refractivity contribution in [1.29, 1.82) is 0 Å². The van der Waals surface area contributed by atoms with E-state index >= 15 is 0 Å². The van der Waals surface area contributed by atoms with Crippen molar-refractivity contribution in [3.8, 4) is 0 Å². The average Bonchev–Trinajstić information content (AvgIpc) is 2.92. The van der Waals surface area contributed by atoms with Crippen LogP contribution in [0.15, 0.2) is 48.5 Å². The van der Waals surface area contributed by atoms with Gasteiger partial charge in [0.15, 0.2) is 0 Å². The van der Waals surface area contributed by atoms with Crippen LogP contribution in [0.5, 0.6) is 0 Å². The van der Waals surface area contributed by atoms with Crippen molar-refractivity contribution in [1.82, 2.24) is 14.9 Å². The maximum atomic E-state index is 12.3. The normalized spacial score (nSPS) is 11.2. The molecule has 0 saturated carbocycles. The molecule has 0 spiro atoms. The molecule has 1 heterocycles. The second-order valence-corrected chi connectivity index (χ2v) is 6.90. The number of fused-ring (bicyclic) bond motifs is 1. The fourth-order valence-electron chi connectivity index (χ4n) is 3.06. The Bertz CT molecular complexity index is 880. The second-order valence-electron chi connectivity index (χ2n) is 6.90. The number of carbonyl (C=O) groups excluding carboxylic acids is 1. The maximum absolute atomic E-state index is 12.3. The number of carbonyl (C=O) groups is 1. The van der Waals surface area contributed by atoms with Crippen LogP contribution in [-0.2, 0) is 13.0 Å². The molecule has 2 aromatic carbocycles. The van der Waals surface area contributed by atoms with Crippen LogP contribution in [0.2, 0.25) is 0 Å². The van der Waals surface area contributed by atoms with Gasteiger partial charge < -0.3 is 9.88 Å². The Hall–Kier alpha value is -2.62. The number of aryl methyl sites for hydroxylation is 1. The van der Waals surface area contributed by atoms with E-state index in [0.29, 0.717) is 18.0 Å². The summed E-state index contributed by atoms with van der Waals surface area (Å²) in [5.74, 6) is 1.54. The molecule has 25 heavy (non-hydrogen) atoms. The van der Waals surface area contributed by atoms with Gasteiger partial charge in [-0.15, -0.1) is 0 Å². The van der Waals surface area contributed by atoms with Crippen molar-refractivity contribution in [2.24, 2.45) is 5.92 Å². The molecule has 3 rings (SSSR count). The van der Waals surface area contributed by atoms with Crippen LogP contribution in [-0.4, -0.2) is 22.0 Å². The minimum absolute atomic E-state index is 0.0322. The Morgan fingerprint density at radius 2 is 1.96 bits per heavy atom. The van der Waals surface area contributed by atoms with Crippen molar-refractivity contribution >= 4 is 16.9 Å². The molecule has 1 N–H and O–H groups in total. The van der Waals surface area contributed by atoms with Crippen molar-refractivity contribution in [2.75, 3.05) is 6.54 Å². The molecule has 130 valence electrons. The molecule has 0 aliphatic heterocycles. The first-order valence-corrected chi connectivity index (χ1v) is 8.83. The highest BCUT2D eigenvalue weighted by Crippen LogP contribution is 2.18. The zero-order valence-electron chi connectivity index (χ0n) is 15.1. The zero-order valence-corrected chi connectivity index (χ0v) is 15.1. The molecule has 0 fully saturated rings. The molecule has 0 atom stereocenters. The van der Waals surface area contributed by atoms with Gasteiger partial charge in [0.05, 0.1) is 11.0 Å². The van der Waals surface area contributed by atoms with E-state index in [1.807, 2.05) is 49.4 Å². The van der Waals surface area contributed by atoms with E-state index in [0.717, 1.165) is 35.4 Å². The Morgan fingerprint density at radius 1 is 1.16 bits per heavy atom. The van der Waals surface area contributed by atoms with E-state index in [1.54, 1.807) is 0 Å². The van der Waals surface area contributed by atoms with Crippen molar-refractivity contribution in [2.45, 2.75) is 33.7 Å². The maximum Gasteiger partial charge on any atom is 0.251 e. The van der Waals surface area contributed by atoms with E-state index in [1.165, 1.54) is 0 Å². The molecule has 0 saturated heterocycles. The summed E-state index contributed by atoms with van der Waals surface area (Å²) in [6.45, 7) is 7.91. The van der Waals surface area contributed by atoms with Gasteiger partial charge in [0.1, 0.15) is 5.82 Å². The highest BCUT2D eigenvalue weighted by Gasteiger charge is 2.12. The number of hydrogen-bond donors (Lipinski definition) is 1. The van der Waals surface area contributed by atoms with Gasteiger partial charge in [-0.1, -0.05) is 43.7 Å². The lowest BCUT2D eigenvalue weighted by Gasteiger charge is -2.12. The molecule has 0 bridgehead atoms. The fourth-order valence-corrected chi connectivity index (χ4v) is 3.06. The van der Waals surface area contributed by atoms with Gasteiger partial charge in [0.25, 0.3) is 5.91 Å². The highest BCUT2D eigenvalue weighted by molar-refractivity contribution is 5.94. The largest absolute Gasteiger partial charge is 0.352 e. The van der Waals surface area contributed by atoms with Crippen molar-refractivity contribution < 1.29 is 4.79 Å². The highest BCUT2D eigenvalue weighted by atomic mass is 16.1. The van der Waals surface area contributed by atoms with Crippen LogP contribution < -0.4 is 5.32 Å². The predicted molar refractivity (Wildman–Crippen MR) is 102 cm³/mol. The molecular formula is C21H25N3O. The molecule has 3 aromatic rings. The van der Waals surface area contributed by atoms with E-state index in [9.17, 15) is 4.79 Å². The first-order valence-electron chi connectivity index (χ1n) is 8.83. The standard InChI is InChI=1S/C21H25N3O/c1-15(2)14-24-19-10-5-4-9-18(19)23-20(24)11-12-22-21(25)17-8-6-7-16(3)13-17/h4-10,13,15H,11-12,14H2,1-3H3,(H,22,25). The summed E-state index contributed by atoms with van der Waals surface area (Å²) >= 11 is 0. The number of amides is 1. The summed E-state index contributed by atoms with van der Waals surface area (Å²) in [6.07, 6.45) is 0.721. The van der Waals surface area contributed by atoms with Gasteiger partial charge in [0, 0.05) is 25.1 Å². The van der Waals surface area contributed by atoms with E-state index < -0.39 is 0 Å². The Kier molecular flexibility index (Phi) is 5.17. The Balaban J connectivity index is 1.71. The Labute approximate surface area is 148 Å². The van der Waals surface area contributed by atoms with E-state index in [2.05, 4.69) is 29.8 Å². The quantitative estimate of drug-likeness (QED) is 0.741. The molecule has 0 aliphatic rings. The topological polar surface area (TPSA) is 46.9 Å². The number of imidazole rings is 1. The molecule has 4 heteroatoms. The van der Waals surface area contributed by atoms with Crippen LogP contribution in [0.1, 0.15) is 35.6 Å². The van der Waals surface area contributed by atoms with Gasteiger partial charge in [0.2, 0.25) is 0 Å². The second kappa shape index (κ2) is 7.51. The van der Waals surface area contributed by atoms with Crippen LogP contribution >= 0.6 is 0 Å². The molecule has 4 nitrogen and oxygen atoms in total. The zero-order chi connectivity index (χ0) is 17.8. The van der Waals surface area contributed by atoms with Crippen molar-refractivity contribution in [3.05, 3.63) is 65.5 Å². The number of rotatable bonds is 6. The molecule has 1 aromatic heterocycles. The van der Waals surface area contributed by atoms with Gasteiger partial charge in [-0.25, -0.2) is 4.98 Å². The van der Waals surface area contributed by atoms with E-state index in [4.69, 9.17) is 4.98 Å². The number of hydrogen-bond acceptors (Lipinski definition) is 2. The summed E-state index contributed by atoms with van der Waals surface area (Å²) in [5.41, 5.74) is 3.97. The number of nitrogens with zero attached hydrogens (tertiary/aromatic N) is 2. The number of benzene rings is 2. The average molecular weight is 335 g/mol. The fraction of sp³-hybridized carbons (Fsp3) is 0.333. The minimum Gasteiger partial charge on any atom is -0.352 e.